The first-order valence-corrected chi connectivity index (χ1v) is 15.0. The molecule has 0 aliphatic heterocycles. The molecule has 47 heavy (non-hydrogen) atoms. The molecule has 0 aromatic heterocycles. The zero-order valence-corrected chi connectivity index (χ0v) is 26.3. The maximum atomic E-state index is 13.4. The number of nitrogens with one attached hydrogen (secondary N) is 4. The van der Waals surface area contributed by atoms with Gasteiger partial charge in [-0.3, -0.25) is 19.2 Å². The third-order valence-electron chi connectivity index (χ3n) is 7.19. The van der Waals surface area contributed by atoms with Gasteiger partial charge < -0.3 is 37.2 Å². The molecule has 5 atom stereocenters. The lowest BCUT2D eigenvalue weighted by Gasteiger charge is -2.25. The van der Waals surface area contributed by atoms with Crippen LogP contribution in [0.3, 0.4) is 0 Å². The Kier molecular flexibility index (Phi) is 14.7. The van der Waals surface area contributed by atoms with Crippen molar-refractivity contribution in [2.45, 2.75) is 76.8 Å². The van der Waals surface area contributed by atoms with Gasteiger partial charge in [0.15, 0.2) is 0 Å². The summed E-state index contributed by atoms with van der Waals surface area (Å²) in [7, 11) is 0. The number of phenolic OH excluding ortho intramolecular Hbond substituents is 1. The second kappa shape index (κ2) is 17.9. The lowest BCUT2D eigenvalue weighted by Crippen LogP contribution is -2.56. The number of nitrogens with two attached hydrogens (primary N) is 1. The van der Waals surface area contributed by atoms with Gasteiger partial charge in [-0.15, -0.1) is 0 Å². The highest BCUT2D eigenvalue weighted by atomic mass is 19.4. The molecule has 12 nitrogen and oxygen atoms in total. The number of carbonyl (C=O) groups excluding carboxylic acids is 4. The average molecular weight is 666 g/mol. The van der Waals surface area contributed by atoms with Crippen molar-refractivity contribution in [3.8, 4) is 5.75 Å². The van der Waals surface area contributed by atoms with Gasteiger partial charge in [0.2, 0.25) is 23.6 Å². The van der Waals surface area contributed by atoms with Crippen molar-refractivity contribution in [1.82, 2.24) is 21.3 Å². The number of carboxylic acid groups (broad SMARTS) is 1. The summed E-state index contributed by atoms with van der Waals surface area (Å²) in [6.45, 7) is 3.63. The minimum Gasteiger partial charge on any atom is -0.508 e. The smallest absolute Gasteiger partial charge is 0.391 e. The molecule has 0 aliphatic carbocycles. The molecule has 15 heteroatoms. The van der Waals surface area contributed by atoms with Gasteiger partial charge in [-0.2, -0.15) is 13.2 Å². The SMILES string of the molecule is CC(C)C[C@H](NC(=O)[C@H](Cc1ccccc1)NC(=O)CNC(=O)[C@@H](C[C@@H](C)C(F)(F)F)NC(=O)[C@@H](N)Cc1ccc(O)cc1)C(=O)O. The number of amides is 4. The molecule has 2 aromatic carbocycles. The predicted octanol–water partition coefficient (Wildman–Crippen LogP) is 1.79. The molecule has 0 aliphatic rings. The highest BCUT2D eigenvalue weighted by molar-refractivity contribution is 5.94. The van der Waals surface area contributed by atoms with Crippen LogP contribution in [-0.4, -0.2) is 76.7 Å². The Morgan fingerprint density at radius 1 is 0.745 bits per heavy atom. The first kappa shape index (κ1) is 38.5. The number of carboxylic acids is 1. The van der Waals surface area contributed by atoms with Gasteiger partial charge in [0.1, 0.15) is 23.9 Å². The standard InChI is InChI=1S/C32H42F3N5O7/c1-18(2)13-26(31(46)47)40-30(45)25(16-20-7-5-4-6-8-20)38-27(42)17-37-29(44)24(14-19(3)32(33,34)35)39-28(43)23(36)15-21-9-11-22(41)12-10-21/h4-12,18-19,23-26,41H,13-17,36H2,1-3H3,(H,37,44)(H,38,42)(H,39,43)(H,40,45)(H,46,47)/t19-,23+,24-,25+,26+/m1/s1. The van der Waals surface area contributed by atoms with Crippen molar-refractivity contribution >= 4 is 29.6 Å². The maximum absolute atomic E-state index is 13.4. The van der Waals surface area contributed by atoms with E-state index in [1.165, 1.54) is 24.3 Å². The van der Waals surface area contributed by atoms with Crippen molar-refractivity contribution in [3.05, 3.63) is 65.7 Å². The molecule has 0 bridgehead atoms. The van der Waals surface area contributed by atoms with Gasteiger partial charge in [0, 0.05) is 6.42 Å². The van der Waals surface area contributed by atoms with E-state index in [0.29, 0.717) is 11.1 Å². The van der Waals surface area contributed by atoms with Crippen LogP contribution in [0.2, 0.25) is 0 Å². The first-order chi connectivity index (χ1) is 22.0. The van der Waals surface area contributed by atoms with E-state index >= 15 is 0 Å². The Labute approximate surface area is 270 Å². The number of aromatic hydroxyl groups is 1. The number of phenols is 1. The quantitative estimate of drug-likeness (QED) is 0.133. The van der Waals surface area contributed by atoms with Crippen LogP contribution in [0.15, 0.2) is 54.6 Å². The first-order valence-electron chi connectivity index (χ1n) is 15.0. The second-order valence-electron chi connectivity index (χ2n) is 11.8. The summed E-state index contributed by atoms with van der Waals surface area (Å²) < 4.78 is 40.1. The fraction of sp³-hybridized carbons (Fsp3) is 0.469. The van der Waals surface area contributed by atoms with E-state index in [9.17, 15) is 47.4 Å². The van der Waals surface area contributed by atoms with Gasteiger partial charge >= 0.3 is 12.1 Å². The van der Waals surface area contributed by atoms with Crippen molar-refractivity contribution in [2.75, 3.05) is 6.54 Å². The molecule has 0 saturated heterocycles. The second-order valence-corrected chi connectivity index (χ2v) is 11.8. The van der Waals surface area contributed by atoms with E-state index in [-0.39, 0.29) is 30.9 Å². The van der Waals surface area contributed by atoms with Gasteiger partial charge in [-0.1, -0.05) is 63.2 Å². The van der Waals surface area contributed by atoms with Crippen LogP contribution in [0.4, 0.5) is 13.2 Å². The number of aliphatic carboxylic acids is 1. The van der Waals surface area contributed by atoms with Crippen molar-refractivity contribution in [3.63, 3.8) is 0 Å². The fourth-order valence-electron chi connectivity index (χ4n) is 4.54. The normalized spacial score (nSPS) is 14.6. The molecule has 0 radical (unpaired) electrons. The van der Waals surface area contributed by atoms with Crippen molar-refractivity contribution < 1.29 is 47.4 Å². The third kappa shape index (κ3) is 13.7. The molecule has 0 fully saturated rings. The minimum absolute atomic E-state index is 0.0173. The predicted molar refractivity (Wildman–Crippen MR) is 166 cm³/mol. The molecular formula is C32H42F3N5O7. The van der Waals surface area contributed by atoms with Gasteiger partial charge in [0.05, 0.1) is 18.5 Å². The fourth-order valence-corrected chi connectivity index (χ4v) is 4.54. The Bertz CT molecular complexity index is 1360. The molecule has 2 aromatic rings. The Balaban J connectivity index is 2.14. The molecule has 258 valence electrons. The zero-order chi connectivity index (χ0) is 35.3. The van der Waals surface area contributed by atoms with Crippen LogP contribution in [-0.2, 0) is 36.8 Å². The number of hydrogen-bond donors (Lipinski definition) is 7. The number of alkyl halides is 3. The summed E-state index contributed by atoms with van der Waals surface area (Å²) in [5.41, 5.74) is 7.13. The summed E-state index contributed by atoms with van der Waals surface area (Å²) >= 11 is 0. The minimum atomic E-state index is -4.68. The highest BCUT2D eigenvalue weighted by Gasteiger charge is 2.39. The van der Waals surface area contributed by atoms with Crippen LogP contribution in [0.1, 0.15) is 44.7 Å². The molecule has 0 heterocycles. The molecule has 8 N–H and O–H groups in total. The Hall–Kier alpha value is -4.66. The van der Waals surface area contributed by atoms with Gasteiger partial charge in [0.25, 0.3) is 0 Å². The van der Waals surface area contributed by atoms with Crippen LogP contribution >= 0.6 is 0 Å². The average Bonchev–Trinajstić information content (AvgIpc) is 2.99. The number of rotatable bonds is 17. The Morgan fingerprint density at radius 2 is 1.32 bits per heavy atom. The Morgan fingerprint density at radius 3 is 1.87 bits per heavy atom. The molecule has 4 amide bonds. The van der Waals surface area contributed by atoms with E-state index < -0.39 is 78.8 Å². The number of benzene rings is 2. The van der Waals surface area contributed by atoms with Crippen LogP contribution in [0, 0.1) is 11.8 Å². The van der Waals surface area contributed by atoms with E-state index in [1.54, 1.807) is 44.2 Å². The van der Waals surface area contributed by atoms with Gasteiger partial charge in [-0.05, 0) is 48.4 Å². The van der Waals surface area contributed by atoms with E-state index in [4.69, 9.17) is 5.73 Å². The van der Waals surface area contributed by atoms with E-state index in [1.807, 2.05) is 0 Å². The largest absolute Gasteiger partial charge is 0.508 e. The molecular weight excluding hydrogens is 623 g/mol. The summed E-state index contributed by atoms with van der Waals surface area (Å²) in [5, 5.41) is 28.3. The van der Waals surface area contributed by atoms with Crippen LogP contribution < -0.4 is 27.0 Å². The number of halogens is 3. The van der Waals surface area contributed by atoms with Crippen LogP contribution in [0.25, 0.3) is 0 Å². The van der Waals surface area contributed by atoms with Crippen molar-refractivity contribution in [1.29, 1.82) is 0 Å². The molecule has 2 rings (SSSR count). The molecule has 0 unspecified atom stereocenters. The number of carbonyl (C=O) groups is 5. The lowest BCUT2D eigenvalue weighted by atomic mass is 9.99. The molecule has 0 saturated carbocycles. The summed E-state index contributed by atoms with van der Waals surface area (Å²) in [6, 6.07) is 8.86. The summed E-state index contributed by atoms with van der Waals surface area (Å²) in [4.78, 5) is 63.5. The maximum Gasteiger partial charge on any atom is 0.391 e. The van der Waals surface area contributed by atoms with Gasteiger partial charge in [-0.25, -0.2) is 4.79 Å². The third-order valence-corrected chi connectivity index (χ3v) is 7.19. The van der Waals surface area contributed by atoms with Crippen LogP contribution in [0.5, 0.6) is 5.75 Å². The monoisotopic (exact) mass is 665 g/mol. The summed E-state index contributed by atoms with van der Waals surface area (Å²) in [5.74, 6) is -7.02. The molecule has 0 spiro atoms. The summed E-state index contributed by atoms with van der Waals surface area (Å²) in [6.07, 6.45) is -5.47. The van der Waals surface area contributed by atoms with E-state index in [2.05, 4.69) is 21.3 Å². The number of hydrogen-bond acceptors (Lipinski definition) is 7. The van der Waals surface area contributed by atoms with Crippen molar-refractivity contribution in [2.24, 2.45) is 17.6 Å². The highest BCUT2D eigenvalue weighted by Crippen LogP contribution is 2.29. The zero-order valence-electron chi connectivity index (χ0n) is 26.3. The lowest BCUT2D eigenvalue weighted by molar-refractivity contribution is -0.173. The topological polar surface area (TPSA) is 200 Å². The van der Waals surface area contributed by atoms with E-state index in [0.717, 1.165) is 6.92 Å².